The van der Waals surface area contributed by atoms with Gasteiger partial charge in [-0.25, -0.2) is 9.13 Å². The summed E-state index contributed by atoms with van der Waals surface area (Å²) in [4.78, 5) is 72.2. The number of carbonyl (C=O) groups excluding carboxylic acids is 4. The Hall–Kier alpha value is -2.46. The molecule has 0 aliphatic heterocycles. The minimum atomic E-state index is -4.95. The van der Waals surface area contributed by atoms with Crippen LogP contribution in [0.4, 0.5) is 0 Å². The monoisotopic (exact) mass is 1250 g/mol. The highest BCUT2D eigenvalue weighted by molar-refractivity contribution is 7.47. The largest absolute Gasteiger partial charge is 0.472 e. The molecular weight excluding hydrogens is 1130 g/mol. The maximum Gasteiger partial charge on any atom is 0.472 e. The van der Waals surface area contributed by atoms with E-state index in [0.29, 0.717) is 31.6 Å². The number of carbonyl (C=O) groups is 4. The average Bonchev–Trinajstić information content (AvgIpc) is 3.49. The van der Waals surface area contributed by atoms with E-state index >= 15 is 0 Å². The third-order valence-corrected chi connectivity index (χ3v) is 17.1. The van der Waals surface area contributed by atoms with Crippen LogP contribution in [-0.4, -0.2) is 96.7 Å². The van der Waals surface area contributed by atoms with Gasteiger partial charge in [0, 0.05) is 25.7 Å². The first kappa shape index (κ1) is 82.5. The number of phosphoric acid groups is 2. The molecule has 0 heterocycles. The summed E-state index contributed by atoms with van der Waals surface area (Å²) in [6.07, 6.45) is 41.4. The van der Waals surface area contributed by atoms with Crippen LogP contribution < -0.4 is 0 Å². The molecule has 0 aliphatic carbocycles. The molecule has 3 N–H and O–H groups in total. The zero-order chi connectivity index (χ0) is 63.1. The van der Waals surface area contributed by atoms with Gasteiger partial charge in [0.25, 0.3) is 0 Å². The number of allylic oxidation sites excluding steroid dienone is 4. The summed E-state index contributed by atoms with van der Waals surface area (Å²) in [5, 5.41) is 10.5. The standard InChI is InChI=1S/C66H124O17P2/c1-8-11-12-13-14-15-16-17-18-19-20-21-24-33-40-47-63(68)76-53-61(82-65(70)49-42-35-28-26-31-38-45-58(6)9-2)55-80-84(72,73)78-51-60(67)52-79-85(74,75)81-56-62(83-66(71)50-43-36-29-27-32-39-46-59(7)10-3)54-77-64(69)48-41-34-25-22-23-30-37-44-57(4)5/h15-18,57-62,67H,8-14,19-56H2,1-7H3,(H,72,73)(H,74,75)/b16-15-,18-17-/t58?,59?,60?,61-,62-/m1/s1. The van der Waals surface area contributed by atoms with Gasteiger partial charge in [0.1, 0.15) is 19.3 Å². The highest BCUT2D eigenvalue weighted by Crippen LogP contribution is 2.45. The molecule has 19 heteroatoms. The van der Waals surface area contributed by atoms with Crippen LogP contribution in [0.1, 0.15) is 299 Å². The molecule has 0 aromatic heterocycles. The van der Waals surface area contributed by atoms with E-state index in [9.17, 15) is 43.2 Å². The van der Waals surface area contributed by atoms with E-state index in [0.717, 1.165) is 127 Å². The van der Waals surface area contributed by atoms with Crippen molar-refractivity contribution in [1.82, 2.24) is 0 Å². The van der Waals surface area contributed by atoms with Crippen molar-refractivity contribution in [2.45, 2.75) is 317 Å². The maximum absolute atomic E-state index is 13.0. The molecule has 0 saturated heterocycles. The third-order valence-electron chi connectivity index (χ3n) is 15.2. The smallest absolute Gasteiger partial charge is 0.462 e. The fourth-order valence-electron chi connectivity index (χ4n) is 9.23. The predicted octanol–water partition coefficient (Wildman–Crippen LogP) is 17.8. The van der Waals surface area contributed by atoms with Crippen molar-refractivity contribution in [2.24, 2.45) is 17.8 Å². The first-order valence-electron chi connectivity index (χ1n) is 33.7. The highest BCUT2D eigenvalue weighted by atomic mass is 31.2. The minimum Gasteiger partial charge on any atom is -0.462 e. The van der Waals surface area contributed by atoms with E-state index in [2.05, 4.69) is 72.8 Å². The molecule has 0 rings (SSSR count). The predicted molar refractivity (Wildman–Crippen MR) is 340 cm³/mol. The molecule has 500 valence electrons. The molecule has 7 atom stereocenters. The molecule has 0 aliphatic rings. The molecule has 0 saturated carbocycles. The van der Waals surface area contributed by atoms with Crippen LogP contribution in [0.5, 0.6) is 0 Å². The lowest BCUT2D eigenvalue weighted by atomic mass is 10.00. The zero-order valence-electron chi connectivity index (χ0n) is 54.5. The Kier molecular flexibility index (Phi) is 55.1. The third kappa shape index (κ3) is 57.7. The van der Waals surface area contributed by atoms with Crippen molar-refractivity contribution in [3.8, 4) is 0 Å². The number of phosphoric ester groups is 2. The Balaban J connectivity index is 5.27. The number of rotatable bonds is 62. The van der Waals surface area contributed by atoms with E-state index in [1.54, 1.807) is 0 Å². The Morgan fingerprint density at radius 2 is 0.694 bits per heavy atom. The van der Waals surface area contributed by atoms with Gasteiger partial charge in [0.15, 0.2) is 12.2 Å². The Bertz CT molecular complexity index is 1780. The van der Waals surface area contributed by atoms with Crippen LogP contribution in [0.25, 0.3) is 0 Å². The van der Waals surface area contributed by atoms with Crippen molar-refractivity contribution in [1.29, 1.82) is 0 Å². The molecule has 0 aromatic carbocycles. The lowest BCUT2D eigenvalue weighted by Gasteiger charge is -2.21. The SMILES string of the molecule is CCCCCC/C=C\C=C/CCCCCCCC(=O)OC[C@H](COP(=O)(O)OCC(O)COP(=O)(O)OC[C@@H](COC(=O)CCCCCCCCCC(C)C)OC(=O)CCCCCCCCC(C)CC)OC(=O)CCCCCCCCC(C)CC. The number of unbranched alkanes of at least 4 members (excludes halogenated alkanes) is 25. The first-order chi connectivity index (χ1) is 40.8. The summed E-state index contributed by atoms with van der Waals surface area (Å²) >= 11 is 0. The van der Waals surface area contributed by atoms with Crippen molar-refractivity contribution in [2.75, 3.05) is 39.6 Å². The molecule has 0 radical (unpaired) electrons. The van der Waals surface area contributed by atoms with Gasteiger partial charge >= 0.3 is 39.5 Å². The van der Waals surface area contributed by atoms with Crippen molar-refractivity contribution >= 4 is 39.5 Å². The summed E-state index contributed by atoms with van der Waals surface area (Å²) in [6.45, 7) is 11.6. The van der Waals surface area contributed by atoms with Crippen LogP contribution in [0.15, 0.2) is 24.3 Å². The highest BCUT2D eigenvalue weighted by Gasteiger charge is 2.30. The normalized spacial score (nSPS) is 15.1. The second kappa shape index (κ2) is 56.8. The fraction of sp³-hybridized carbons (Fsp3) is 0.879. The lowest BCUT2D eigenvalue weighted by Crippen LogP contribution is -2.30. The minimum absolute atomic E-state index is 0.0954. The summed E-state index contributed by atoms with van der Waals surface area (Å²) in [5.74, 6) is -0.0315. The van der Waals surface area contributed by atoms with E-state index < -0.39 is 97.5 Å². The molecular formula is C66H124O17P2. The Morgan fingerprint density at radius 1 is 0.388 bits per heavy atom. The van der Waals surface area contributed by atoms with Crippen LogP contribution in [0, 0.1) is 17.8 Å². The number of hydrogen-bond donors (Lipinski definition) is 3. The molecule has 5 unspecified atom stereocenters. The number of ether oxygens (including phenoxy) is 4. The Morgan fingerprint density at radius 3 is 1.05 bits per heavy atom. The molecule has 0 amide bonds. The lowest BCUT2D eigenvalue weighted by molar-refractivity contribution is -0.161. The van der Waals surface area contributed by atoms with Crippen molar-refractivity contribution in [3.05, 3.63) is 24.3 Å². The van der Waals surface area contributed by atoms with Crippen LogP contribution in [0.2, 0.25) is 0 Å². The zero-order valence-corrected chi connectivity index (χ0v) is 56.3. The molecule has 0 aromatic rings. The van der Waals surface area contributed by atoms with Crippen LogP contribution in [0.3, 0.4) is 0 Å². The van der Waals surface area contributed by atoms with Crippen molar-refractivity contribution in [3.63, 3.8) is 0 Å². The van der Waals surface area contributed by atoms with E-state index in [4.69, 9.17) is 37.0 Å². The number of hydrogen-bond acceptors (Lipinski definition) is 15. The maximum atomic E-state index is 13.0. The molecule has 0 bridgehead atoms. The number of aliphatic hydroxyl groups is 1. The first-order valence-corrected chi connectivity index (χ1v) is 36.7. The molecule has 0 spiro atoms. The van der Waals surface area contributed by atoms with Gasteiger partial charge in [-0.05, 0) is 69.1 Å². The van der Waals surface area contributed by atoms with E-state index in [-0.39, 0.29) is 25.7 Å². The van der Waals surface area contributed by atoms with Gasteiger partial charge in [0.2, 0.25) is 0 Å². The second-order valence-electron chi connectivity index (χ2n) is 24.1. The summed E-state index contributed by atoms with van der Waals surface area (Å²) in [7, 11) is -9.90. The van der Waals surface area contributed by atoms with Crippen LogP contribution in [-0.2, 0) is 65.4 Å². The van der Waals surface area contributed by atoms with E-state index in [1.165, 1.54) is 83.5 Å². The average molecular weight is 1250 g/mol. The van der Waals surface area contributed by atoms with Gasteiger partial charge in [-0.3, -0.25) is 37.3 Å². The Labute approximate surface area is 516 Å². The molecule has 0 fully saturated rings. The van der Waals surface area contributed by atoms with Crippen LogP contribution >= 0.6 is 15.6 Å². The van der Waals surface area contributed by atoms with Gasteiger partial charge in [0.05, 0.1) is 26.4 Å². The molecule has 85 heavy (non-hydrogen) atoms. The molecule has 17 nitrogen and oxygen atoms in total. The van der Waals surface area contributed by atoms with Gasteiger partial charge in [-0.15, -0.1) is 0 Å². The number of esters is 4. The summed E-state index contributed by atoms with van der Waals surface area (Å²) in [5.41, 5.74) is 0. The topological polar surface area (TPSA) is 237 Å². The van der Waals surface area contributed by atoms with Gasteiger partial charge in [-0.1, -0.05) is 246 Å². The number of aliphatic hydroxyl groups excluding tert-OH is 1. The van der Waals surface area contributed by atoms with Gasteiger partial charge in [-0.2, -0.15) is 0 Å². The second-order valence-corrected chi connectivity index (χ2v) is 27.0. The summed E-state index contributed by atoms with van der Waals surface area (Å²) in [6, 6.07) is 0. The van der Waals surface area contributed by atoms with Gasteiger partial charge < -0.3 is 33.8 Å². The quantitative estimate of drug-likeness (QED) is 0.0169. The van der Waals surface area contributed by atoms with Crippen molar-refractivity contribution < 1.29 is 80.2 Å². The fourth-order valence-corrected chi connectivity index (χ4v) is 10.8. The summed E-state index contributed by atoms with van der Waals surface area (Å²) < 4.78 is 68.0. The van der Waals surface area contributed by atoms with E-state index in [1.807, 2.05) is 0 Å².